The molecule has 102 valence electrons. The van der Waals surface area contributed by atoms with Gasteiger partial charge < -0.3 is 9.55 Å². The topological polar surface area (TPSA) is 59.8 Å². The molecule has 0 spiro atoms. The maximum absolute atomic E-state index is 12.4. The minimum Gasteiger partial charge on any atom is -0.350 e. The summed E-state index contributed by atoms with van der Waals surface area (Å²) in [6.07, 6.45) is 0. The first kappa shape index (κ1) is 12.5. The highest BCUT2D eigenvalue weighted by Crippen LogP contribution is 2.07. The molecule has 0 bridgehead atoms. The van der Waals surface area contributed by atoms with Gasteiger partial charge in [0.1, 0.15) is 0 Å². The fourth-order valence-electron chi connectivity index (χ4n) is 2.33. The van der Waals surface area contributed by atoms with E-state index in [1.807, 2.05) is 30.7 Å². The first-order valence-corrected chi connectivity index (χ1v) is 6.41. The number of nitrogens with one attached hydrogen (secondary N) is 1. The SMILES string of the molecule is Cc1ccc(Cn2c(=O)[nH]c3ccccc3c2=O)n1C. The van der Waals surface area contributed by atoms with Gasteiger partial charge in [-0.3, -0.25) is 9.36 Å². The van der Waals surface area contributed by atoms with Gasteiger partial charge in [0.2, 0.25) is 0 Å². The number of aryl methyl sites for hydroxylation is 1. The Labute approximate surface area is 115 Å². The molecule has 5 heteroatoms. The molecule has 0 fully saturated rings. The van der Waals surface area contributed by atoms with E-state index in [0.717, 1.165) is 11.4 Å². The van der Waals surface area contributed by atoms with Crippen molar-refractivity contribution in [3.63, 3.8) is 0 Å². The van der Waals surface area contributed by atoms with Crippen LogP contribution in [0.1, 0.15) is 11.4 Å². The summed E-state index contributed by atoms with van der Waals surface area (Å²) in [5, 5.41) is 0.526. The Hall–Kier alpha value is -2.56. The molecule has 0 atom stereocenters. The summed E-state index contributed by atoms with van der Waals surface area (Å²) >= 11 is 0. The molecule has 0 saturated heterocycles. The van der Waals surface area contributed by atoms with Crippen LogP contribution in [0, 0.1) is 6.92 Å². The van der Waals surface area contributed by atoms with Gasteiger partial charge in [-0.05, 0) is 31.2 Å². The summed E-state index contributed by atoms with van der Waals surface area (Å²) in [6.45, 7) is 2.25. The average Bonchev–Trinajstić information content (AvgIpc) is 2.75. The molecule has 20 heavy (non-hydrogen) atoms. The highest BCUT2D eigenvalue weighted by molar-refractivity contribution is 5.76. The molecule has 3 aromatic rings. The van der Waals surface area contributed by atoms with Gasteiger partial charge in [0.05, 0.1) is 17.4 Å². The molecule has 2 aromatic heterocycles. The molecule has 0 radical (unpaired) electrons. The number of hydrogen-bond donors (Lipinski definition) is 1. The minimum absolute atomic E-state index is 0.261. The minimum atomic E-state index is -0.382. The summed E-state index contributed by atoms with van der Waals surface area (Å²) in [7, 11) is 1.92. The zero-order valence-corrected chi connectivity index (χ0v) is 11.4. The summed E-state index contributed by atoms with van der Waals surface area (Å²) in [6, 6.07) is 10.9. The van der Waals surface area contributed by atoms with Crippen molar-refractivity contribution < 1.29 is 0 Å². The van der Waals surface area contributed by atoms with Crippen LogP contribution in [-0.4, -0.2) is 14.1 Å². The van der Waals surface area contributed by atoms with Crippen LogP contribution in [0.25, 0.3) is 10.9 Å². The fraction of sp³-hybridized carbons (Fsp3) is 0.200. The van der Waals surface area contributed by atoms with Gasteiger partial charge in [-0.15, -0.1) is 0 Å². The highest BCUT2D eigenvalue weighted by Gasteiger charge is 2.09. The molecule has 1 N–H and O–H groups in total. The largest absolute Gasteiger partial charge is 0.350 e. The molecule has 0 aliphatic rings. The Balaban J connectivity index is 2.19. The Morgan fingerprint density at radius 1 is 1.10 bits per heavy atom. The molecule has 5 nitrogen and oxygen atoms in total. The zero-order chi connectivity index (χ0) is 14.3. The maximum Gasteiger partial charge on any atom is 0.329 e. The van der Waals surface area contributed by atoms with Gasteiger partial charge in [-0.25, -0.2) is 4.79 Å². The lowest BCUT2D eigenvalue weighted by Crippen LogP contribution is -2.35. The molecule has 1 aromatic carbocycles. The van der Waals surface area contributed by atoms with Crippen molar-refractivity contribution in [2.45, 2.75) is 13.5 Å². The Kier molecular flexibility index (Phi) is 2.82. The average molecular weight is 269 g/mol. The number of nitrogens with zero attached hydrogens (tertiary/aromatic N) is 2. The molecular weight excluding hydrogens is 254 g/mol. The van der Waals surface area contributed by atoms with E-state index in [2.05, 4.69) is 4.98 Å². The monoisotopic (exact) mass is 269 g/mol. The third kappa shape index (κ3) is 1.87. The van der Waals surface area contributed by atoms with Crippen molar-refractivity contribution in [2.75, 3.05) is 0 Å². The number of rotatable bonds is 2. The fourth-order valence-corrected chi connectivity index (χ4v) is 2.33. The number of aromatic nitrogens is 3. The highest BCUT2D eigenvalue weighted by atomic mass is 16.2. The molecule has 0 aliphatic heterocycles. The first-order chi connectivity index (χ1) is 9.58. The van der Waals surface area contributed by atoms with Crippen LogP contribution >= 0.6 is 0 Å². The molecule has 0 saturated carbocycles. The van der Waals surface area contributed by atoms with Crippen molar-refractivity contribution in [2.24, 2.45) is 7.05 Å². The number of aromatic amines is 1. The zero-order valence-electron chi connectivity index (χ0n) is 11.4. The molecule has 0 unspecified atom stereocenters. The van der Waals surface area contributed by atoms with Crippen LogP contribution < -0.4 is 11.2 Å². The lowest BCUT2D eigenvalue weighted by atomic mass is 10.2. The molecule has 2 heterocycles. The van der Waals surface area contributed by atoms with Crippen molar-refractivity contribution in [1.29, 1.82) is 0 Å². The van der Waals surface area contributed by atoms with E-state index in [-0.39, 0.29) is 17.8 Å². The van der Waals surface area contributed by atoms with Crippen LogP contribution in [0.2, 0.25) is 0 Å². The maximum atomic E-state index is 12.4. The summed E-state index contributed by atoms with van der Waals surface area (Å²) in [4.78, 5) is 27.2. The van der Waals surface area contributed by atoms with Gasteiger partial charge in [0.25, 0.3) is 5.56 Å². The van der Waals surface area contributed by atoms with Crippen LogP contribution in [-0.2, 0) is 13.6 Å². The van der Waals surface area contributed by atoms with Crippen LogP contribution in [0.4, 0.5) is 0 Å². The second kappa shape index (κ2) is 4.52. The van der Waals surface area contributed by atoms with E-state index in [1.165, 1.54) is 4.57 Å². The number of fused-ring (bicyclic) bond motifs is 1. The van der Waals surface area contributed by atoms with Gasteiger partial charge in [0.15, 0.2) is 0 Å². The van der Waals surface area contributed by atoms with Crippen molar-refractivity contribution in [3.05, 3.63) is 68.6 Å². The quantitative estimate of drug-likeness (QED) is 0.764. The van der Waals surface area contributed by atoms with E-state index >= 15 is 0 Å². The summed E-state index contributed by atoms with van der Waals surface area (Å²) < 4.78 is 3.21. The lowest BCUT2D eigenvalue weighted by Gasteiger charge is -2.08. The van der Waals surface area contributed by atoms with E-state index in [1.54, 1.807) is 24.3 Å². The number of H-pyrrole nitrogens is 1. The predicted molar refractivity (Wildman–Crippen MR) is 78.1 cm³/mol. The van der Waals surface area contributed by atoms with Gasteiger partial charge in [-0.2, -0.15) is 0 Å². The molecule has 0 aliphatic carbocycles. The van der Waals surface area contributed by atoms with E-state index in [4.69, 9.17) is 0 Å². The predicted octanol–water partition coefficient (Wildman–Crippen LogP) is 1.39. The Morgan fingerprint density at radius 2 is 1.85 bits per heavy atom. The lowest BCUT2D eigenvalue weighted by molar-refractivity contribution is 0.663. The van der Waals surface area contributed by atoms with E-state index < -0.39 is 0 Å². The molecular formula is C15H15N3O2. The standard InChI is InChI=1S/C15H15N3O2/c1-10-7-8-11(17(10)2)9-18-14(19)12-5-3-4-6-13(12)16-15(18)20/h3-8H,9H2,1-2H3,(H,16,20). The molecule has 3 rings (SSSR count). The second-order valence-corrected chi connectivity index (χ2v) is 4.89. The third-order valence-electron chi connectivity index (χ3n) is 3.69. The van der Waals surface area contributed by atoms with Gasteiger partial charge in [0, 0.05) is 18.4 Å². The van der Waals surface area contributed by atoms with Gasteiger partial charge in [-0.1, -0.05) is 12.1 Å². The van der Waals surface area contributed by atoms with E-state index in [9.17, 15) is 9.59 Å². The van der Waals surface area contributed by atoms with Crippen LogP contribution in [0.5, 0.6) is 0 Å². The normalized spacial score (nSPS) is 11.1. The van der Waals surface area contributed by atoms with Crippen molar-refractivity contribution in [3.8, 4) is 0 Å². The van der Waals surface area contributed by atoms with Crippen LogP contribution in [0.15, 0.2) is 46.0 Å². The third-order valence-corrected chi connectivity index (χ3v) is 3.69. The second-order valence-electron chi connectivity index (χ2n) is 4.89. The summed E-state index contributed by atoms with van der Waals surface area (Å²) in [5.41, 5.74) is 1.94. The number of benzene rings is 1. The first-order valence-electron chi connectivity index (χ1n) is 6.41. The van der Waals surface area contributed by atoms with Crippen molar-refractivity contribution >= 4 is 10.9 Å². The Morgan fingerprint density at radius 3 is 2.55 bits per heavy atom. The van der Waals surface area contributed by atoms with Gasteiger partial charge >= 0.3 is 5.69 Å². The smallest absolute Gasteiger partial charge is 0.329 e. The number of para-hydroxylation sites is 1. The van der Waals surface area contributed by atoms with E-state index in [0.29, 0.717) is 10.9 Å². The van der Waals surface area contributed by atoms with Crippen molar-refractivity contribution in [1.82, 2.24) is 14.1 Å². The number of hydrogen-bond acceptors (Lipinski definition) is 2. The van der Waals surface area contributed by atoms with Crippen LogP contribution in [0.3, 0.4) is 0 Å². The summed E-state index contributed by atoms with van der Waals surface area (Å²) in [5.74, 6) is 0. The molecule has 0 amide bonds. The Bertz CT molecular complexity index is 899.